The zero-order valence-electron chi connectivity index (χ0n) is 17.7. The summed E-state index contributed by atoms with van der Waals surface area (Å²) in [5.74, 6) is -1.54. The molecule has 0 atom stereocenters. The van der Waals surface area contributed by atoms with Crippen LogP contribution in [0.25, 0.3) is 0 Å². The molecule has 11 heteroatoms. The zero-order chi connectivity index (χ0) is 23.5. The maximum Gasteiger partial charge on any atom is 0.416 e. The van der Waals surface area contributed by atoms with Gasteiger partial charge in [0, 0.05) is 30.3 Å². The lowest BCUT2D eigenvalue weighted by Crippen LogP contribution is -2.49. The zero-order valence-corrected chi connectivity index (χ0v) is 17.7. The van der Waals surface area contributed by atoms with Crippen LogP contribution in [0.3, 0.4) is 0 Å². The smallest absolute Gasteiger partial charge is 0.339 e. The Hall–Kier alpha value is -3.37. The normalized spacial score (nSPS) is 14.8. The van der Waals surface area contributed by atoms with Crippen LogP contribution in [0, 0.1) is 19.8 Å². The number of aromatic nitrogens is 2. The first-order chi connectivity index (χ1) is 15.0. The van der Waals surface area contributed by atoms with Gasteiger partial charge in [-0.15, -0.1) is 0 Å². The number of likely N-dealkylation sites (tertiary alicyclic amines) is 1. The van der Waals surface area contributed by atoms with Gasteiger partial charge in [-0.25, -0.2) is 0 Å². The van der Waals surface area contributed by atoms with Gasteiger partial charge in [0.05, 0.1) is 11.3 Å². The second-order valence-corrected chi connectivity index (χ2v) is 7.76. The summed E-state index contributed by atoms with van der Waals surface area (Å²) in [6.07, 6.45) is -3.70. The minimum atomic E-state index is -4.46. The number of benzene rings is 1. The Kier molecular flexibility index (Phi) is 6.85. The Balaban J connectivity index is 1.45. The van der Waals surface area contributed by atoms with E-state index < -0.39 is 17.6 Å². The Bertz CT molecular complexity index is 993. The number of alkyl halides is 3. The third-order valence-corrected chi connectivity index (χ3v) is 5.33. The molecular weight excluding hydrogens is 427 g/mol. The van der Waals surface area contributed by atoms with E-state index in [0.29, 0.717) is 12.8 Å². The first-order valence-corrected chi connectivity index (χ1v) is 10.1. The molecule has 2 heterocycles. The largest absolute Gasteiger partial charge is 0.416 e. The second kappa shape index (κ2) is 9.41. The first-order valence-electron chi connectivity index (χ1n) is 10.1. The molecule has 32 heavy (non-hydrogen) atoms. The summed E-state index contributed by atoms with van der Waals surface area (Å²) in [4.78, 5) is 38.4. The number of aryl methyl sites for hydroxylation is 2. The van der Waals surface area contributed by atoms with Crippen molar-refractivity contribution < 1.29 is 27.6 Å². The fraction of sp³-hybridized carbons (Fsp3) is 0.429. The summed E-state index contributed by atoms with van der Waals surface area (Å²) in [5, 5.41) is 4.18. The monoisotopic (exact) mass is 451 g/mol. The van der Waals surface area contributed by atoms with Crippen molar-refractivity contribution in [2.45, 2.75) is 39.4 Å². The van der Waals surface area contributed by atoms with Gasteiger partial charge in [-0.2, -0.15) is 18.3 Å². The predicted molar refractivity (Wildman–Crippen MR) is 108 cm³/mol. The molecule has 1 aliphatic heterocycles. The number of halogens is 3. The van der Waals surface area contributed by atoms with Gasteiger partial charge in [0.25, 0.3) is 11.8 Å². The average Bonchev–Trinajstić information content (AvgIpc) is 3.07. The topological polar surface area (TPSA) is 96.3 Å². The quantitative estimate of drug-likeness (QED) is 0.697. The number of amides is 3. The Morgan fingerprint density at radius 1 is 1.06 bits per heavy atom. The van der Waals surface area contributed by atoms with Crippen LogP contribution in [0.2, 0.25) is 0 Å². The average molecular weight is 451 g/mol. The summed E-state index contributed by atoms with van der Waals surface area (Å²) in [6, 6.07) is 5.90. The highest BCUT2D eigenvalue weighted by molar-refractivity contribution is 5.94. The lowest BCUT2D eigenvalue weighted by molar-refractivity contribution is -0.137. The van der Waals surface area contributed by atoms with Crippen LogP contribution in [0.4, 0.5) is 13.2 Å². The molecule has 1 fully saturated rings. The van der Waals surface area contributed by atoms with Crippen molar-refractivity contribution in [1.82, 2.24) is 25.5 Å². The molecule has 2 aromatic rings. The van der Waals surface area contributed by atoms with Crippen LogP contribution in [0.1, 0.15) is 40.2 Å². The van der Waals surface area contributed by atoms with Gasteiger partial charge < -0.3 is 4.90 Å². The molecule has 1 aromatic heterocycles. The minimum Gasteiger partial charge on any atom is -0.339 e. The van der Waals surface area contributed by atoms with Crippen molar-refractivity contribution in [2.24, 2.45) is 5.92 Å². The van der Waals surface area contributed by atoms with Gasteiger partial charge in [0.2, 0.25) is 5.91 Å². The summed E-state index contributed by atoms with van der Waals surface area (Å²) >= 11 is 0. The molecule has 172 valence electrons. The van der Waals surface area contributed by atoms with E-state index in [9.17, 15) is 27.6 Å². The van der Waals surface area contributed by atoms with E-state index in [4.69, 9.17) is 0 Å². The van der Waals surface area contributed by atoms with Gasteiger partial charge >= 0.3 is 6.18 Å². The second-order valence-electron chi connectivity index (χ2n) is 7.76. The standard InChI is InChI=1S/C21H24F3N5O3/c1-13-11-14(2)29(27-13)12-18(30)25-26-19(31)15-7-9-28(10-8-15)20(32)16-3-5-17(6-4-16)21(22,23)24/h3-6,11,15H,7-10,12H2,1-2H3,(H,25,30)(H,26,31). The van der Waals surface area contributed by atoms with Gasteiger partial charge in [-0.3, -0.25) is 29.9 Å². The Morgan fingerprint density at radius 3 is 2.22 bits per heavy atom. The van der Waals surface area contributed by atoms with Crippen molar-refractivity contribution in [3.05, 3.63) is 52.8 Å². The maximum absolute atomic E-state index is 12.7. The molecule has 0 spiro atoms. The lowest BCUT2D eigenvalue weighted by atomic mass is 9.95. The molecule has 0 radical (unpaired) electrons. The lowest BCUT2D eigenvalue weighted by Gasteiger charge is -2.31. The van der Waals surface area contributed by atoms with Crippen LogP contribution in [0.15, 0.2) is 30.3 Å². The Morgan fingerprint density at radius 2 is 1.69 bits per heavy atom. The molecular formula is C21H24F3N5O3. The van der Waals surface area contributed by atoms with E-state index in [-0.39, 0.29) is 42.9 Å². The number of hydrazine groups is 1. The molecule has 3 amide bonds. The number of nitrogens with zero attached hydrogens (tertiary/aromatic N) is 3. The third kappa shape index (κ3) is 5.65. The summed E-state index contributed by atoms with van der Waals surface area (Å²) in [5.41, 5.74) is 5.74. The van der Waals surface area contributed by atoms with Crippen molar-refractivity contribution in [1.29, 1.82) is 0 Å². The van der Waals surface area contributed by atoms with E-state index in [1.165, 1.54) is 9.58 Å². The van der Waals surface area contributed by atoms with E-state index in [0.717, 1.165) is 35.7 Å². The SMILES string of the molecule is Cc1cc(C)n(CC(=O)NNC(=O)C2CCN(C(=O)c3ccc(C(F)(F)F)cc3)CC2)n1. The van der Waals surface area contributed by atoms with E-state index >= 15 is 0 Å². The van der Waals surface area contributed by atoms with Crippen molar-refractivity contribution in [2.75, 3.05) is 13.1 Å². The van der Waals surface area contributed by atoms with Gasteiger partial charge in [-0.05, 0) is 57.0 Å². The minimum absolute atomic E-state index is 0.0277. The highest BCUT2D eigenvalue weighted by atomic mass is 19.4. The number of rotatable bonds is 4. The number of carbonyl (C=O) groups excluding carboxylic acids is 3. The molecule has 1 saturated heterocycles. The van der Waals surface area contributed by atoms with Crippen molar-refractivity contribution in [3.8, 4) is 0 Å². The molecule has 2 N–H and O–H groups in total. The van der Waals surface area contributed by atoms with Crippen LogP contribution in [-0.2, 0) is 22.3 Å². The van der Waals surface area contributed by atoms with Crippen LogP contribution in [0.5, 0.6) is 0 Å². The number of hydrogen-bond acceptors (Lipinski definition) is 4. The fourth-order valence-corrected chi connectivity index (χ4v) is 3.57. The van der Waals surface area contributed by atoms with Crippen LogP contribution < -0.4 is 10.9 Å². The molecule has 0 bridgehead atoms. The highest BCUT2D eigenvalue weighted by Crippen LogP contribution is 2.29. The number of piperidine rings is 1. The third-order valence-electron chi connectivity index (χ3n) is 5.33. The number of hydrogen-bond donors (Lipinski definition) is 2. The predicted octanol–water partition coefficient (Wildman–Crippen LogP) is 2.22. The number of carbonyl (C=O) groups is 3. The van der Waals surface area contributed by atoms with E-state index in [1.807, 2.05) is 19.9 Å². The van der Waals surface area contributed by atoms with Gasteiger partial charge in [0.1, 0.15) is 6.54 Å². The molecule has 1 aromatic carbocycles. The van der Waals surface area contributed by atoms with Crippen molar-refractivity contribution in [3.63, 3.8) is 0 Å². The molecule has 0 aliphatic carbocycles. The van der Waals surface area contributed by atoms with Gasteiger partial charge in [-0.1, -0.05) is 0 Å². The van der Waals surface area contributed by atoms with E-state index in [1.54, 1.807) is 0 Å². The summed E-state index contributed by atoms with van der Waals surface area (Å²) < 4.78 is 39.5. The number of nitrogens with one attached hydrogen (secondary N) is 2. The van der Waals surface area contributed by atoms with Crippen LogP contribution >= 0.6 is 0 Å². The molecule has 1 aliphatic rings. The summed E-state index contributed by atoms with van der Waals surface area (Å²) in [6.45, 7) is 4.19. The summed E-state index contributed by atoms with van der Waals surface area (Å²) in [7, 11) is 0. The molecule has 8 nitrogen and oxygen atoms in total. The first kappa shape index (κ1) is 23.3. The molecule has 0 saturated carbocycles. The van der Waals surface area contributed by atoms with Crippen LogP contribution in [-0.4, -0.2) is 45.5 Å². The molecule has 0 unspecified atom stereocenters. The van der Waals surface area contributed by atoms with Crippen molar-refractivity contribution >= 4 is 17.7 Å². The van der Waals surface area contributed by atoms with E-state index in [2.05, 4.69) is 16.0 Å². The fourth-order valence-electron chi connectivity index (χ4n) is 3.57. The maximum atomic E-state index is 12.7. The Labute approximate surface area is 182 Å². The molecule has 3 rings (SSSR count). The van der Waals surface area contributed by atoms with Gasteiger partial charge in [0.15, 0.2) is 0 Å². The highest BCUT2D eigenvalue weighted by Gasteiger charge is 2.31.